The predicted octanol–water partition coefficient (Wildman–Crippen LogP) is 5.07. The molecule has 0 spiro atoms. The molecule has 0 bridgehead atoms. The normalized spacial score (nSPS) is 16.2. The molecule has 1 amide bonds. The third kappa shape index (κ3) is 2.85. The van der Waals surface area contributed by atoms with Gasteiger partial charge in [0.1, 0.15) is 0 Å². The Bertz CT molecular complexity index is 687. The van der Waals surface area contributed by atoms with Crippen LogP contribution in [-0.2, 0) is 11.2 Å². The number of carbonyl (C=O) groups excluding carboxylic acids is 1. The number of hydrogen-bond donors (Lipinski definition) is 1. The summed E-state index contributed by atoms with van der Waals surface area (Å²) >= 11 is 10.2. The first-order chi connectivity index (χ1) is 10.1. The molecule has 1 N–H and O–H groups in total. The number of alkyl halides is 1. The van der Waals surface area contributed by atoms with E-state index in [1.54, 1.807) is 0 Å². The Morgan fingerprint density at radius 3 is 2.67 bits per heavy atom. The topological polar surface area (TPSA) is 29.1 Å². The lowest BCUT2D eigenvalue weighted by molar-refractivity contribution is -0.115. The zero-order chi connectivity index (χ0) is 15.0. The minimum Gasteiger partial charge on any atom is -0.325 e. The Balaban J connectivity index is 1.94. The summed E-state index contributed by atoms with van der Waals surface area (Å²) in [6, 6.07) is 14.2. The van der Waals surface area contributed by atoms with Crippen LogP contribution in [-0.4, -0.2) is 5.91 Å². The van der Waals surface area contributed by atoms with E-state index in [1.165, 1.54) is 5.56 Å². The fourth-order valence-electron chi connectivity index (χ4n) is 2.67. The highest BCUT2D eigenvalue weighted by atomic mass is 79.9. The Kier molecular flexibility index (Phi) is 4.05. The first kappa shape index (κ1) is 14.6. The van der Waals surface area contributed by atoms with Gasteiger partial charge >= 0.3 is 0 Å². The van der Waals surface area contributed by atoms with Gasteiger partial charge in [0.25, 0.3) is 0 Å². The first-order valence-electron chi connectivity index (χ1n) is 6.87. The molecule has 2 unspecified atom stereocenters. The van der Waals surface area contributed by atoms with Gasteiger partial charge in [-0.25, -0.2) is 0 Å². The van der Waals surface area contributed by atoms with Crippen LogP contribution < -0.4 is 5.32 Å². The maximum absolute atomic E-state index is 11.5. The maximum atomic E-state index is 11.5. The maximum Gasteiger partial charge on any atom is 0.228 e. The highest BCUT2D eigenvalue weighted by Crippen LogP contribution is 2.43. The van der Waals surface area contributed by atoms with E-state index in [4.69, 9.17) is 11.6 Å². The molecule has 2 aromatic carbocycles. The molecule has 2 nitrogen and oxygen atoms in total. The molecular formula is C17H15BrClNO. The first-order valence-corrected chi connectivity index (χ1v) is 8.17. The molecule has 3 rings (SSSR count). The smallest absolute Gasteiger partial charge is 0.228 e. The molecule has 0 aliphatic carbocycles. The van der Waals surface area contributed by atoms with Crippen molar-refractivity contribution in [1.29, 1.82) is 0 Å². The second-order valence-electron chi connectivity index (χ2n) is 5.36. The van der Waals surface area contributed by atoms with E-state index in [0.29, 0.717) is 11.4 Å². The molecular weight excluding hydrogens is 350 g/mol. The fraction of sp³-hybridized carbons (Fsp3) is 0.235. The van der Waals surface area contributed by atoms with Gasteiger partial charge in [-0.1, -0.05) is 70.9 Å². The van der Waals surface area contributed by atoms with Crippen molar-refractivity contribution in [3.63, 3.8) is 0 Å². The Labute approximate surface area is 137 Å². The molecule has 1 aliphatic heterocycles. The predicted molar refractivity (Wildman–Crippen MR) is 90.3 cm³/mol. The summed E-state index contributed by atoms with van der Waals surface area (Å²) in [7, 11) is 0. The second-order valence-corrected chi connectivity index (χ2v) is 6.75. The van der Waals surface area contributed by atoms with Crippen LogP contribution >= 0.6 is 27.5 Å². The van der Waals surface area contributed by atoms with Crippen molar-refractivity contribution in [1.82, 2.24) is 0 Å². The quantitative estimate of drug-likeness (QED) is 0.757. The van der Waals surface area contributed by atoms with Crippen LogP contribution in [0.2, 0.25) is 5.02 Å². The average Bonchev–Trinajstić information content (AvgIpc) is 2.85. The summed E-state index contributed by atoms with van der Waals surface area (Å²) in [5, 5.41) is 3.51. The van der Waals surface area contributed by atoms with Gasteiger partial charge in [-0.3, -0.25) is 4.79 Å². The van der Waals surface area contributed by atoms with E-state index in [-0.39, 0.29) is 16.7 Å². The van der Waals surface area contributed by atoms with Crippen molar-refractivity contribution < 1.29 is 4.79 Å². The van der Waals surface area contributed by atoms with E-state index in [0.717, 1.165) is 16.8 Å². The van der Waals surface area contributed by atoms with Gasteiger partial charge in [-0.2, -0.15) is 0 Å². The molecule has 0 saturated heterocycles. The van der Waals surface area contributed by atoms with Gasteiger partial charge in [0.05, 0.1) is 6.42 Å². The third-order valence-electron chi connectivity index (χ3n) is 3.91. The van der Waals surface area contributed by atoms with Crippen LogP contribution in [0.25, 0.3) is 0 Å². The van der Waals surface area contributed by atoms with Crippen LogP contribution in [0.5, 0.6) is 0 Å². The Morgan fingerprint density at radius 1 is 1.24 bits per heavy atom. The average molecular weight is 365 g/mol. The third-order valence-corrected chi connectivity index (χ3v) is 5.52. The van der Waals surface area contributed by atoms with Gasteiger partial charge in [0, 0.05) is 15.5 Å². The van der Waals surface area contributed by atoms with Crippen LogP contribution in [0.3, 0.4) is 0 Å². The largest absolute Gasteiger partial charge is 0.325 e. The van der Waals surface area contributed by atoms with Gasteiger partial charge in [-0.15, -0.1) is 0 Å². The van der Waals surface area contributed by atoms with Crippen LogP contribution in [0.4, 0.5) is 5.69 Å². The van der Waals surface area contributed by atoms with Crippen LogP contribution in [0, 0.1) is 0 Å². The van der Waals surface area contributed by atoms with Crippen molar-refractivity contribution in [3.05, 3.63) is 64.2 Å². The number of anilines is 1. The molecule has 1 aliphatic rings. The van der Waals surface area contributed by atoms with Crippen molar-refractivity contribution >= 4 is 39.1 Å². The van der Waals surface area contributed by atoms with Crippen molar-refractivity contribution in [2.75, 3.05) is 5.32 Å². The standard InChI is InChI=1S/C17H15BrClNO/c1-10(11-5-3-2-4-6-11)17(18)13-7-12-8-16(21)20-15(12)9-14(13)19/h2-7,9-10,17H,8H2,1H3,(H,20,21). The zero-order valence-electron chi connectivity index (χ0n) is 11.6. The highest BCUT2D eigenvalue weighted by molar-refractivity contribution is 9.09. The minimum absolute atomic E-state index is 0.0282. The highest BCUT2D eigenvalue weighted by Gasteiger charge is 2.25. The lowest BCUT2D eigenvalue weighted by Gasteiger charge is -2.21. The summed E-state index contributed by atoms with van der Waals surface area (Å²) in [4.78, 5) is 11.6. The molecule has 2 aromatic rings. The van der Waals surface area contributed by atoms with Crippen molar-refractivity contribution in [3.8, 4) is 0 Å². The summed E-state index contributed by atoms with van der Waals surface area (Å²) in [5.74, 6) is 0.312. The van der Waals surface area contributed by atoms with E-state index in [9.17, 15) is 4.79 Å². The Morgan fingerprint density at radius 2 is 1.95 bits per heavy atom. The molecule has 21 heavy (non-hydrogen) atoms. The minimum atomic E-state index is 0.0282. The lowest BCUT2D eigenvalue weighted by atomic mass is 9.92. The summed E-state index contributed by atoms with van der Waals surface area (Å²) in [6.45, 7) is 2.17. The molecule has 0 fully saturated rings. The molecule has 0 radical (unpaired) electrons. The second kappa shape index (κ2) is 5.82. The van der Waals surface area contributed by atoms with Gasteiger partial charge in [0.15, 0.2) is 0 Å². The molecule has 108 valence electrons. The fourth-order valence-corrected chi connectivity index (χ4v) is 3.77. The van der Waals surface area contributed by atoms with E-state index in [1.807, 2.05) is 30.3 Å². The van der Waals surface area contributed by atoms with Crippen molar-refractivity contribution in [2.24, 2.45) is 0 Å². The summed E-state index contributed by atoms with van der Waals surface area (Å²) in [5.41, 5.74) is 4.14. The lowest BCUT2D eigenvalue weighted by Crippen LogP contribution is -2.03. The molecule has 0 aromatic heterocycles. The van der Waals surface area contributed by atoms with E-state index < -0.39 is 0 Å². The number of carbonyl (C=O) groups is 1. The number of hydrogen-bond acceptors (Lipinski definition) is 1. The molecule has 2 atom stereocenters. The van der Waals surface area contributed by atoms with Gasteiger partial charge in [-0.05, 0) is 28.7 Å². The molecule has 4 heteroatoms. The van der Waals surface area contributed by atoms with Crippen LogP contribution in [0.1, 0.15) is 34.4 Å². The van der Waals surface area contributed by atoms with Gasteiger partial charge in [0.2, 0.25) is 5.91 Å². The monoisotopic (exact) mass is 363 g/mol. The van der Waals surface area contributed by atoms with Crippen LogP contribution in [0.15, 0.2) is 42.5 Å². The zero-order valence-corrected chi connectivity index (χ0v) is 13.9. The van der Waals surface area contributed by atoms with Crippen molar-refractivity contribution in [2.45, 2.75) is 24.1 Å². The number of amides is 1. The molecule has 0 saturated carbocycles. The summed E-state index contributed by atoms with van der Waals surface area (Å²) in [6.07, 6.45) is 0.430. The number of nitrogens with one attached hydrogen (secondary N) is 1. The van der Waals surface area contributed by atoms with E-state index >= 15 is 0 Å². The summed E-state index contributed by atoms with van der Waals surface area (Å²) < 4.78 is 0. The number of fused-ring (bicyclic) bond motifs is 1. The SMILES string of the molecule is CC(c1ccccc1)C(Br)c1cc2c(cc1Cl)NC(=O)C2. The van der Waals surface area contributed by atoms with Gasteiger partial charge < -0.3 is 5.32 Å². The number of rotatable bonds is 3. The Hall–Kier alpha value is -1.32. The molecule has 1 heterocycles. The van der Waals surface area contributed by atoms with E-state index in [2.05, 4.69) is 40.3 Å². The number of halogens is 2. The number of benzene rings is 2.